The topological polar surface area (TPSA) is 395 Å². The molecule has 0 aromatic heterocycles. The van der Waals surface area contributed by atoms with Crippen molar-refractivity contribution in [2.45, 2.75) is 146 Å². The molecule has 0 aliphatic carbocycles. The molecular formula is C36H68N4O23P2. The van der Waals surface area contributed by atoms with E-state index in [2.05, 4.69) is 25.8 Å². The molecule has 0 saturated carbocycles. The summed E-state index contributed by atoms with van der Waals surface area (Å²) < 4.78 is 72.8. The molecule has 380 valence electrons. The molecule has 12 N–H and O–H groups in total. The zero-order chi connectivity index (χ0) is 48.9. The van der Waals surface area contributed by atoms with E-state index in [0.717, 1.165) is 7.11 Å². The van der Waals surface area contributed by atoms with Crippen LogP contribution in [0.3, 0.4) is 0 Å². The van der Waals surface area contributed by atoms with E-state index in [1.165, 1.54) is 13.8 Å². The minimum atomic E-state index is -5.01. The molecule has 2 saturated heterocycles. The number of amides is 4. The molecule has 2 rings (SSSR count). The Hall–Kier alpha value is -2.34. The zero-order valence-corrected chi connectivity index (χ0v) is 38.8. The van der Waals surface area contributed by atoms with Gasteiger partial charge in [0, 0.05) is 60.1 Å². The monoisotopic (exact) mass is 986 g/mol. The molecule has 0 bridgehead atoms. The summed E-state index contributed by atoms with van der Waals surface area (Å²) in [4.78, 5) is 69.0. The Balaban J connectivity index is 1.87. The first-order valence-corrected chi connectivity index (χ1v) is 23.9. The van der Waals surface area contributed by atoms with Gasteiger partial charge < -0.3 is 85.4 Å². The molecule has 29 heteroatoms. The van der Waals surface area contributed by atoms with E-state index in [0.29, 0.717) is 6.42 Å². The number of rotatable bonds is 31. The summed E-state index contributed by atoms with van der Waals surface area (Å²) in [6.45, 7) is 2.52. The van der Waals surface area contributed by atoms with Crippen molar-refractivity contribution in [1.29, 1.82) is 0 Å². The Bertz CT molecular complexity index is 1550. The summed E-state index contributed by atoms with van der Waals surface area (Å²) in [7, 11) is -8.87. The van der Waals surface area contributed by atoms with Gasteiger partial charge in [0.25, 0.3) is 0 Å². The molecule has 0 radical (unpaired) electrons. The highest BCUT2D eigenvalue weighted by molar-refractivity contribution is 7.47. The minimum Gasteiger partial charge on any atom is -0.394 e. The standard InChI is InChI=1S/C36H68N4O23P2/c1-20(2)58-18-23(14-37-27(45)10-6-8-12-56-35-29(39-21(3)43)33(49)31(47)25(16-41)60-35)63-65(53,54)59-19-24(62-64(51,52)55-5)15-38-28(46)11-7-9-13-57-36-30(40-22(4)44)34(50)32(48)26(17-42)61-36/h20,23-26,29-36,41-42,47-50H,6-19H2,1-5H3,(H,37,45)(H,38,46)(H,39,43)(H,40,44)(H,51,52)(H,53,54)/t23?,24?,25?,26?,29?,30?,31-,32-,33+,34+,35+,36+/m0/s1. The quantitative estimate of drug-likeness (QED) is 0.0237. The molecule has 65 heavy (non-hydrogen) atoms. The molecular weight excluding hydrogens is 918 g/mol. The van der Waals surface area contributed by atoms with Crippen LogP contribution in [0, 0.1) is 0 Å². The van der Waals surface area contributed by atoms with Crippen molar-refractivity contribution in [3.8, 4) is 0 Å². The van der Waals surface area contributed by atoms with Crippen molar-refractivity contribution in [1.82, 2.24) is 21.3 Å². The largest absolute Gasteiger partial charge is 0.472 e. The maximum absolute atomic E-state index is 13.1. The van der Waals surface area contributed by atoms with Gasteiger partial charge in [0.05, 0.1) is 32.5 Å². The molecule has 4 amide bonds. The first-order chi connectivity index (χ1) is 30.5. The van der Waals surface area contributed by atoms with E-state index in [-0.39, 0.29) is 64.6 Å². The summed E-state index contributed by atoms with van der Waals surface area (Å²) in [6, 6.07) is -2.27. The second-order valence-corrected chi connectivity index (χ2v) is 18.3. The number of hydrogen-bond donors (Lipinski definition) is 12. The normalized spacial score (nSPS) is 28.6. The van der Waals surface area contributed by atoms with Gasteiger partial charge in [-0.15, -0.1) is 0 Å². The van der Waals surface area contributed by atoms with Crippen molar-refractivity contribution >= 4 is 39.3 Å². The number of unbranched alkanes of at least 4 members (excludes halogenated alkanes) is 2. The van der Waals surface area contributed by atoms with E-state index in [1.54, 1.807) is 13.8 Å². The van der Waals surface area contributed by atoms with Crippen LogP contribution in [0.25, 0.3) is 0 Å². The van der Waals surface area contributed by atoms with E-state index in [1.807, 2.05) is 0 Å². The van der Waals surface area contributed by atoms with E-state index < -0.39 is 139 Å². The average molecular weight is 987 g/mol. The summed E-state index contributed by atoms with van der Waals surface area (Å²) in [5, 5.41) is 69.9. The van der Waals surface area contributed by atoms with Crippen LogP contribution < -0.4 is 21.3 Å². The number of phosphoric ester groups is 2. The van der Waals surface area contributed by atoms with E-state index in [4.69, 9.17) is 37.3 Å². The number of hydrogen-bond acceptors (Lipinski definition) is 21. The summed E-state index contributed by atoms with van der Waals surface area (Å²) in [5.41, 5.74) is 0. The molecule has 2 fully saturated rings. The van der Waals surface area contributed by atoms with Crippen LogP contribution in [0.5, 0.6) is 0 Å². The van der Waals surface area contributed by atoms with Crippen LogP contribution in [0.4, 0.5) is 0 Å². The smallest absolute Gasteiger partial charge is 0.394 e. The van der Waals surface area contributed by atoms with Crippen LogP contribution in [-0.2, 0) is 70.1 Å². The van der Waals surface area contributed by atoms with Gasteiger partial charge in [0.15, 0.2) is 12.6 Å². The third-order valence-electron chi connectivity index (χ3n) is 9.55. The van der Waals surface area contributed by atoms with Gasteiger partial charge in [-0.1, -0.05) is 0 Å². The van der Waals surface area contributed by atoms with Crippen LogP contribution in [0.2, 0.25) is 0 Å². The molecule has 2 heterocycles. The third kappa shape index (κ3) is 22.1. The molecule has 0 aromatic carbocycles. The molecule has 2 aliphatic rings. The lowest BCUT2D eigenvalue weighted by Crippen LogP contribution is -2.64. The highest BCUT2D eigenvalue weighted by Crippen LogP contribution is 2.47. The molecule has 0 spiro atoms. The maximum atomic E-state index is 13.1. The molecule has 2 aliphatic heterocycles. The van der Waals surface area contributed by atoms with Crippen molar-refractivity contribution in [2.75, 3.05) is 59.8 Å². The number of carbonyl (C=O) groups excluding carboxylic acids is 4. The number of carbonyl (C=O) groups is 4. The van der Waals surface area contributed by atoms with Gasteiger partial charge in [-0.25, -0.2) is 9.13 Å². The van der Waals surface area contributed by atoms with Gasteiger partial charge in [-0.3, -0.25) is 37.3 Å². The van der Waals surface area contributed by atoms with Crippen LogP contribution in [0.15, 0.2) is 0 Å². The number of phosphoric acid groups is 2. The third-order valence-corrected chi connectivity index (χ3v) is 11.6. The first kappa shape index (κ1) is 58.8. The minimum absolute atomic E-state index is 0.00197. The highest BCUT2D eigenvalue weighted by atomic mass is 31.2. The Morgan fingerprint density at radius 2 is 1.06 bits per heavy atom. The Labute approximate surface area is 376 Å². The SMILES string of the molecule is COP(=O)(O)OC(CNC(=O)CCCCO[C@@H]1OC(CO)[C@H](O)[C@H](O)C1NC(C)=O)COP(=O)(O)OC(CNC(=O)CCCCO[C@@H]1OC(CO)[C@H](O)[C@H](O)C1NC(C)=O)COC(C)C. The van der Waals surface area contributed by atoms with Crippen molar-refractivity contribution in [3.63, 3.8) is 0 Å². The van der Waals surface area contributed by atoms with E-state index in [9.17, 15) is 68.7 Å². The lowest BCUT2D eigenvalue weighted by Gasteiger charge is -2.42. The fraction of sp³-hybridized carbons (Fsp3) is 0.889. The molecule has 8 unspecified atom stereocenters. The van der Waals surface area contributed by atoms with Crippen molar-refractivity contribution in [2.24, 2.45) is 0 Å². The number of aliphatic hydroxyl groups excluding tert-OH is 6. The molecule has 14 atom stereocenters. The van der Waals surface area contributed by atoms with Gasteiger partial charge in [0.1, 0.15) is 60.9 Å². The van der Waals surface area contributed by atoms with Gasteiger partial charge >= 0.3 is 15.6 Å². The van der Waals surface area contributed by atoms with Crippen LogP contribution in [0.1, 0.15) is 66.2 Å². The Morgan fingerprint density at radius 1 is 0.646 bits per heavy atom. The second-order valence-electron chi connectivity index (χ2n) is 15.4. The highest BCUT2D eigenvalue weighted by Gasteiger charge is 2.46. The molecule has 27 nitrogen and oxygen atoms in total. The fourth-order valence-electron chi connectivity index (χ4n) is 6.21. The van der Waals surface area contributed by atoms with Gasteiger partial charge in [-0.2, -0.15) is 0 Å². The predicted octanol–water partition coefficient (Wildman–Crippen LogP) is -3.46. The number of nitrogens with one attached hydrogen (secondary N) is 4. The zero-order valence-electron chi connectivity index (χ0n) is 37.0. The number of aliphatic hydroxyl groups is 6. The molecule has 0 aromatic rings. The first-order valence-electron chi connectivity index (χ1n) is 20.9. The van der Waals surface area contributed by atoms with Crippen molar-refractivity contribution in [3.05, 3.63) is 0 Å². The fourth-order valence-corrected chi connectivity index (χ4v) is 7.74. The second kappa shape index (κ2) is 29.5. The van der Waals surface area contributed by atoms with E-state index >= 15 is 0 Å². The van der Waals surface area contributed by atoms with Crippen LogP contribution >= 0.6 is 15.6 Å². The lowest BCUT2D eigenvalue weighted by molar-refractivity contribution is -0.270. The Morgan fingerprint density at radius 3 is 1.45 bits per heavy atom. The van der Waals surface area contributed by atoms with Crippen molar-refractivity contribution < 1.29 is 111 Å². The van der Waals surface area contributed by atoms with Gasteiger partial charge in [0.2, 0.25) is 23.6 Å². The Kier molecular flexibility index (Phi) is 26.7. The summed E-state index contributed by atoms with van der Waals surface area (Å²) in [5.74, 6) is -2.11. The van der Waals surface area contributed by atoms with Gasteiger partial charge in [-0.05, 0) is 39.5 Å². The predicted molar refractivity (Wildman–Crippen MR) is 220 cm³/mol. The number of ether oxygens (including phenoxy) is 5. The lowest BCUT2D eigenvalue weighted by atomic mass is 9.97. The summed E-state index contributed by atoms with van der Waals surface area (Å²) >= 11 is 0. The maximum Gasteiger partial charge on any atom is 0.472 e. The summed E-state index contributed by atoms with van der Waals surface area (Å²) in [6.07, 6.45) is -12.9. The average Bonchev–Trinajstić information content (AvgIpc) is 3.23. The van der Waals surface area contributed by atoms with Crippen LogP contribution in [-0.4, -0.2) is 203 Å².